The van der Waals surface area contributed by atoms with Crippen LogP contribution >= 0.6 is 0 Å². The zero-order valence-corrected chi connectivity index (χ0v) is 12.5. The molecular weight excluding hydrogens is 234 g/mol. The van der Waals surface area contributed by atoms with Crippen molar-refractivity contribution in [3.05, 3.63) is 29.8 Å². The summed E-state index contributed by atoms with van der Waals surface area (Å²) in [6, 6.07) is 8.66. The lowest BCUT2D eigenvalue weighted by molar-refractivity contribution is 0.412. The number of ether oxygens (including phenoxy) is 1. The second-order valence-corrected chi connectivity index (χ2v) is 6.12. The Morgan fingerprint density at radius 3 is 2.58 bits per heavy atom. The lowest BCUT2D eigenvalue weighted by Crippen LogP contribution is -2.27. The van der Waals surface area contributed by atoms with E-state index in [1.807, 2.05) is 0 Å². The van der Waals surface area contributed by atoms with Gasteiger partial charge in [0.1, 0.15) is 5.75 Å². The minimum Gasteiger partial charge on any atom is -0.497 e. The second kappa shape index (κ2) is 6.95. The second-order valence-electron chi connectivity index (χ2n) is 6.12. The fraction of sp³-hybridized carbons (Fsp3) is 0.647. The van der Waals surface area contributed by atoms with Crippen molar-refractivity contribution in [3.63, 3.8) is 0 Å². The van der Waals surface area contributed by atoms with Gasteiger partial charge < -0.3 is 10.1 Å². The van der Waals surface area contributed by atoms with Gasteiger partial charge in [0.25, 0.3) is 0 Å². The summed E-state index contributed by atoms with van der Waals surface area (Å²) >= 11 is 0. The van der Waals surface area contributed by atoms with Gasteiger partial charge in [0.15, 0.2) is 0 Å². The number of rotatable bonds is 6. The van der Waals surface area contributed by atoms with Crippen LogP contribution in [0.3, 0.4) is 0 Å². The third-order valence-electron chi connectivity index (χ3n) is 4.16. The lowest BCUT2D eigenvalue weighted by atomic mass is 9.89. The molecule has 1 fully saturated rings. The van der Waals surface area contributed by atoms with Gasteiger partial charge in [-0.3, -0.25) is 0 Å². The maximum atomic E-state index is 5.24. The van der Waals surface area contributed by atoms with Crippen molar-refractivity contribution >= 4 is 0 Å². The quantitative estimate of drug-likeness (QED) is 0.840. The van der Waals surface area contributed by atoms with Crippen LogP contribution in [0.1, 0.15) is 44.6 Å². The SMILES string of the molecule is COc1ccc(C2CCCC2CNCC(C)C)cc1. The number of hydrogen-bond acceptors (Lipinski definition) is 2. The first kappa shape index (κ1) is 14.4. The first-order valence-corrected chi connectivity index (χ1v) is 7.55. The summed E-state index contributed by atoms with van der Waals surface area (Å²) in [5, 5.41) is 3.62. The molecule has 1 aliphatic rings. The van der Waals surface area contributed by atoms with Crippen molar-refractivity contribution in [1.82, 2.24) is 5.32 Å². The molecule has 2 atom stereocenters. The third kappa shape index (κ3) is 3.97. The Bertz CT molecular complexity index is 371. The standard InChI is InChI=1S/C17H27NO/c1-13(2)11-18-12-15-5-4-6-17(15)14-7-9-16(19-3)10-8-14/h7-10,13,15,17-18H,4-6,11-12H2,1-3H3. The number of hydrogen-bond donors (Lipinski definition) is 1. The van der Waals surface area contributed by atoms with E-state index >= 15 is 0 Å². The van der Waals surface area contributed by atoms with E-state index in [2.05, 4.69) is 43.4 Å². The van der Waals surface area contributed by atoms with Crippen LogP contribution < -0.4 is 10.1 Å². The number of methoxy groups -OCH3 is 1. The molecule has 1 aromatic rings. The van der Waals surface area contributed by atoms with Crippen molar-refractivity contribution in [2.75, 3.05) is 20.2 Å². The van der Waals surface area contributed by atoms with Gasteiger partial charge >= 0.3 is 0 Å². The summed E-state index contributed by atoms with van der Waals surface area (Å²) in [5.74, 6) is 3.22. The molecule has 0 spiro atoms. The molecule has 2 heteroatoms. The van der Waals surface area contributed by atoms with Gasteiger partial charge in [0.05, 0.1) is 7.11 Å². The molecule has 0 amide bonds. The average molecular weight is 261 g/mol. The van der Waals surface area contributed by atoms with E-state index in [9.17, 15) is 0 Å². The van der Waals surface area contributed by atoms with E-state index < -0.39 is 0 Å². The summed E-state index contributed by atoms with van der Waals surface area (Å²) in [7, 11) is 1.73. The molecule has 0 saturated heterocycles. The maximum Gasteiger partial charge on any atom is 0.118 e. The highest BCUT2D eigenvalue weighted by Gasteiger charge is 2.28. The summed E-state index contributed by atoms with van der Waals surface area (Å²) < 4.78 is 5.24. The van der Waals surface area contributed by atoms with Crippen LogP contribution in [0.5, 0.6) is 5.75 Å². The van der Waals surface area contributed by atoms with Crippen molar-refractivity contribution in [2.45, 2.75) is 39.0 Å². The lowest BCUT2D eigenvalue weighted by Gasteiger charge is -2.21. The first-order valence-electron chi connectivity index (χ1n) is 7.55. The van der Waals surface area contributed by atoms with Gasteiger partial charge in [-0.2, -0.15) is 0 Å². The Kier molecular flexibility index (Phi) is 5.26. The molecule has 0 bridgehead atoms. The molecule has 19 heavy (non-hydrogen) atoms. The van der Waals surface area contributed by atoms with Crippen molar-refractivity contribution in [2.24, 2.45) is 11.8 Å². The van der Waals surface area contributed by atoms with E-state index in [0.29, 0.717) is 0 Å². The van der Waals surface area contributed by atoms with Crippen LogP contribution in [0.15, 0.2) is 24.3 Å². The Morgan fingerprint density at radius 1 is 1.21 bits per heavy atom. The topological polar surface area (TPSA) is 21.3 Å². The van der Waals surface area contributed by atoms with Crippen LogP contribution in [0.4, 0.5) is 0 Å². The van der Waals surface area contributed by atoms with E-state index in [4.69, 9.17) is 4.74 Å². The van der Waals surface area contributed by atoms with Crippen LogP contribution in [0.25, 0.3) is 0 Å². The van der Waals surface area contributed by atoms with E-state index in [0.717, 1.165) is 36.6 Å². The normalized spacial score (nSPS) is 22.9. The zero-order valence-electron chi connectivity index (χ0n) is 12.5. The average Bonchev–Trinajstić information content (AvgIpc) is 2.87. The monoisotopic (exact) mass is 261 g/mol. The van der Waals surface area contributed by atoms with Gasteiger partial charge in [0.2, 0.25) is 0 Å². The van der Waals surface area contributed by atoms with Crippen LogP contribution in [-0.2, 0) is 0 Å². The van der Waals surface area contributed by atoms with Crippen LogP contribution in [0.2, 0.25) is 0 Å². The largest absolute Gasteiger partial charge is 0.497 e. The van der Waals surface area contributed by atoms with E-state index in [-0.39, 0.29) is 0 Å². The molecule has 2 unspecified atom stereocenters. The molecule has 1 saturated carbocycles. The Hall–Kier alpha value is -1.02. The van der Waals surface area contributed by atoms with E-state index in [1.165, 1.54) is 24.8 Å². The van der Waals surface area contributed by atoms with E-state index in [1.54, 1.807) is 7.11 Å². The molecule has 2 nitrogen and oxygen atoms in total. The maximum absolute atomic E-state index is 5.24. The molecular formula is C17H27NO. The Balaban J connectivity index is 1.93. The Morgan fingerprint density at radius 2 is 1.95 bits per heavy atom. The van der Waals surface area contributed by atoms with Gasteiger partial charge in [-0.1, -0.05) is 32.4 Å². The molecule has 106 valence electrons. The highest BCUT2D eigenvalue weighted by atomic mass is 16.5. The molecule has 0 aromatic heterocycles. The predicted molar refractivity (Wildman–Crippen MR) is 80.8 cm³/mol. The summed E-state index contributed by atoms with van der Waals surface area (Å²) in [6.45, 7) is 6.83. The minimum absolute atomic E-state index is 0.727. The van der Waals surface area contributed by atoms with Crippen LogP contribution in [-0.4, -0.2) is 20.2 Å². The molecule has 1 aromatic carbocycles. The van der Waals surface area contributed by atoms with Crippen molar-refractivity contribution < 1.29 is 4.74 Å². The molecule has 0 aliphatic heterocycles. The van der Waals surface area contributed by atoms with Gasteiger partial charge in [-0.25, -0.2) is 0 Å². The Labute approximate surface area is 117 Å². The molecule has 0 heterocycles. The highest BCUT2D eigenvalue weighted by molar-refractivity contribution is 5.30. The van der Waals surface area contributed by atoms with Gasteiger partial charge in [0, 0.05) is 0 Å². The number of benzene rings is 1. The third-order valence-corrected chi connectivity index (χ3v) is 4.16. The molecule has 2 rings (SSSR count). The van der Waals surface area contributed by atoms with Gasteiger partial charge in [-0.05, 0) is 61.4 Å². The van der Waals surface area contributed by atoms with Crippen LogP contribution in [0, 0.1) is 11.8 Å². The zero-order chi connectivity index (χ0) is 13.7. The van der Waals surface area contributed by atoms with Crippen molar-refractivity contribution in [3.8, 4) is 5.75 Å². The molecule has 1 aliphatic carbocycles. The smallest absolute Gasteiger partial charge is 0.118 e. The molecule has 1 N–H and O–H groups in total. The number of nitrogens with one attached hydrogen (secondary N) is 1. The summed E-state index contributed by atoms with van der Waals surface area (Å²) in [6.07, 6.45) is 4.06. The molecule has 0 radical (unpaired) electrons. The minimum atomic E-state index is 0.727. The predicted octanol–water partition coefficient (Wildman–Crippen LogP) is 3.82. The fourth-order valence-electron chi connectivity index (χ4n) is 3.13. The fourth-order valence-corrected chi connectivity index (χ4v) is 3.13. The summed E-state index contributed by atoms with van der Waals surface area (Å²) in [5.41, 5.74) is 1.48. The first-order chi connectivity index (χ1) is 9.20. The van der Waals surface area contributed by atoms with Gasteiger partial charge in [-0.15, -0.1) is 0 Å². The van der Waals surface area contributed by atoms with Crippen molar-refractivity contribution in [1.29, 1.82) is 0 Å². The summed E-state index contributed by atoms with van der Waals surface area (Å²) in [4.78, 5) is 0. The highest BCUT2D eigenvalue weighted by Crippen LogP contribution is 2.39.